The monoisotopic (exact) mass is 485 g/mol. The van der Waals surface area contributed by atoms with E-state index in [4.69, 9.17) is 4.42 Å². The number of piperidine rings is 1. The molecule has 2 heterocycles. The molecule has 9 heteroatoms. The van der Waals surface area contributed by atoms with Crippen LogP contribution in [-0.2, 0) is 21.2 Å². The van der Waals surface area contributed by atoms with E-state index in [1.807, 2.05) is 12.1 Å². The van der Waals surface area contributed by atoms with Gasteiger partial charge in [0.1, 0.15) is 5.52 Å². The molecule has 0 saturated carbocycles. The Bertz CT molecular complexity index is 1270. The summed E-state index contributed by atoms with van der Waals surface area (Å²) < 4.78 is 33.2. The lowest BCUT2D eigenvalue weighted by Gasteiger charge is -2.26. The fourth-order valence-corrected chi connectivity index (χ4v) is 6.82. The second kappa shape index (κ2) is 9.48. The Morgan fingerprint density at radius 2 is 1.94 bits per heavy atom. The maximum Gasteiger partial charge on any atom is 0.257 e. The zero-order valence-corrected chi connectivity index (χ0v) is 20.0. The smallest absolute Gasteiger partial charge is 0.257 e. The van der Waals surface area contributed by atoms with Gasteiger partial charge in [0.25, 0.3) is 5.22 Å². The topological polar surface area (TPSA) is 92.5 Å². The van der Waals surface area contributed by atoms with Crippen molar-refractivity contribution in [1.29, 1.82) is 0 Å². The minimum absolute atomic E-state index is 0.0363. The van der Waals surface area contributed by atoms with Crippen LogP contribution in [0, 0.1) is 0 Å². The molecule has 1 atom stereocenters. The van der Waals surface area contributed by atoms with E-state index in [0.29, 0.717) is 29.4 Å². The minimum atomic E-state index is -3.53. The summed E-state index contributed by atoms with van der Waals surface area (Å²) in [5.74, 6) is 0.113. The molecule has 0 bridgehead atoms. The zero-order valence-electron chi connectivity index (χ0n) is 18.3. The van der Waals surface area contributed by atoms with Crippen LogP contribution in [0.5, 0.6) is 0 Å². The average Bonchev–Trinajstić information content (AvgIpc) is 3.26. The van der Waals surface area contributed by atoms with Crippen molar-refractivity contribution in [2.24, 2.45) is 0 Å². The molecule has 1 aliphatic heterocycles. The van der Waals surface area contributed by atoms with Gasteiger partial charge in [-0.1, -0.05) is 42.4 Å². The highest BCUT2D eigenvalue weighted by atomic mass is 32.2. The quantitative estimate of drug-likeness (QED) is 0.524. The van der Waals surface area contributed by atoms with Crippen LogP contribution in [0.3, 0.4) is 0 Å². The van der Waals surface area contributed by atoms with Crippen molar-refractivity contribution in [3.8, 4) is 0 Å². The molecular formula is C24H27N3O4S2. The van der Waals surface area contributed by atoms with E-state index >= 15 is 0 Å². The van der Waals surface area contributed by atoms with Crippen LogP contribution in [0.25, 0.3) is 11.1 Å². The lowest BCUT2D eigenvalue weighted by Crippen LogP contribution is -2.35. The van der Waals surface area contributed by atoms with Gasteiger partial charge in [-0.05, 0) is 61.4 Å². The molecule has 1 unspecified atom stereocenters. The number of oxazole rings is 1. The summed E-state index contributed by atoms with van der Waals surface area (Å²) in [6.45, 7) is 1.11. The summed E-state index contributed by atoms with van der Waals surface area (Å²) >= 11 is 1.22. The third-order valence-electron chi connectivity index (χ3n) is 6.32. The number of nitrogens with zero attached hydrogens (tertiary/aromatic N) is 2. The Morgan fingerprint density at radius 3 is 2.79 bits per heavy atom. The highest BCUT2D eigenvalue weighted by molar-refractivity contribution is 7.99. The van der Waals surface area contributed by atoms with E-state index in [-0.39, 0.29) is 22.6 Å². The summed E-state index contributed by atoms with van der Waals surface area (Å²) in [7, 11) is -3.53. The summed E-state index contributed by atoms with van der Waals surface area (Å²) in [4.78, 5) is 17.2. The molecule has 1 fully saturated rings. The van der Waals surface area contributed by atoms with Crippen LogP contribution in [0.1, 0.15) is 49.3 Å². The summed E-state index contributed by atoms with van der Waals surface area (Å²) in [6, 6.07) is 13.1. The fourth-order valence-electron chi connectivity index (χ4n) is 4.63. The van der Waals surface area contributed by atoms with Gasteiger partial charge in [0, 0.05) is 13.1 Å². The van der Waals surface area contributed by atoms with Gasteiger partial charge in [-0.2, -0.15) is 4.31 Å². The third kappa shape index (κ3) is 4.81. The van der Waals surface area contributed by atoms with Crippen molar-refractivity contribution in [3.63, 3.8) is 0 Å². The normalized spacial score (nSPS) is 19.3. The van der Waals surface area contributed by atoms with Crippen molar-refractivity contribution in [1.82, 2.24) is 14.6 Å². The molecule has 2 aliphatic rings. The van der Waals surface area contributed by atoms with Gasteiger partial charge < -0.3 is 9.73 Å². The number of nitrogens with one attached hydrogen (secondary N) is 1. The number of amides is 1. The molecule has 3 aromatic rings. The highest BCUT2D eigenvalue weighted by Gasteiger charge is 2.27. The molecule has 0 radical (unpaired) electrons. The predicted octanol–water partition coefficient (Wildman–Crippen LogP) is 4.29. The van der Waals surface area contributed by atoms with Gasteiger partial charge in [-0.3, -0.25) is 4.79 Å². The Morgan fingerprint density at radius 1 is 1.12 bits per heavy atom. The number of hydrogen-bond donors (Lipinski definition) is 1. The molecule has 1 aliphatic carbocycles. The van der Waals surface area contributed by atoms with Crippen LogP contribution in [-0.4, -0.2) is 42.5 Å². The lowest BCUT2D eigenvalue weighted by molar-refractivity contribution is -0.119. The van der Waals surface area contributed by atoms with Crippen LogP contribution in [0.4, 0.5) is 0 Å². The first-order valence-corrected chi connectivity index (χ1v) is 13.8. The molecule has 7 nitrogen and oxygen atoms in total. The van der Waals surface area contributed by atoms with Gasteiger partial charge in [0.2, 0.25) is 15.9 Å². The molecule has 0 spiro atoms. The summed E-state index contributed by atoms with van der Waals surface area (Å²) in [6.07, 6.45) is 5.89. The first-order valence-electron chi connectivity index (χ1n) is 11.4. The standard InChI is InChI=1S/C24H27N3O4S2/c28-23(25-20-10-6-8-17-7-2-3-9-19(17)20)16-32-24-26-21-15-18(11-12-22(21)31-24)33(29,30)27-13-4-1-5-14-27/h2-3,7,9,11-12,15,20H,1,4-6,8,10,13-14,16H2,(H,25,28). The van der Waals surface area contributed by atoms with Gasteiger partial charge in [-0.25, -0.2) is 13.4 Å². The van der Waals surface area contributed by atoms with Crippen LogP contribution >= 0.6 is 11.8 Å². The van der Waals surface area contributed by atoms with E-state index in [1.165, 1.54) is 22.9 Å². The largest absolute Gasteiger partial charge is 0.431 e. The van der Waals surface area contributed by atoms with Crippen molar-refractivity contribution in [2.45, 2.75) is 54.7 Å². The average molecular weight is 486 g/mol. The molecule has 1 saturated heterocycles. The Hall–Kier alpha value is -2.36. The first-order chi connectivity index (χ1) is 16.0. The second-order valence-corrected chi connectivity index (χ2v) is 11.4. The number of hydrogen-bond acceptors (Lipinski definition) is 6. The molecule has 5 rings (SSSR count). The minimum Gasteiger partial charge on any atom is -0.431 e. The number of carbonyl (C=O) groups excluding carboxylic acids is 1. The maximum absolute atomic E-state index is 12.9. The van der Waals surface area contributed by atoms with Crippen molar-refractivity contribution in [3.05, 3.63) is 53.6 Å². The molecule has 1 amide bonds. The van der Waals surface area contributed by atoms with Crippen LogP contribution in [0.2, 0.25) is 0 Å². The third-order valence-corrected chi connectivity index (χ3v) is 9.05. The number of fused-ring (bicyclic) bond motifs is 2. The number of aromatic nitrogens is 1. The van der Waals surface area contributed by atoms with Crippen molar-refractivity contribution >= 4 is 38.8 Å². The van der Waals surface area contributed by atoms with Crippen molar-refractivity contribution < 1.29 is 17.6 Å². The molecule has 1 aromatic heterocycles. The van der Waals surface area contributed by atoms with Crippen LogP contribution in [0.15, 0.2) is 57.0 Å². The van der Waals surface area contributed by atoms with Gasteiger partial charge in [0.15, 0.2) is 5.58 Å². The van der Waals surface area contributed by atoms with E-state index < -0.39 is 10.0 Å². The van der Waals surface area contributed by atoms with Gasteiger partial charge in [-0.15, -0.1) is 0 Å². The van der Waals surface area contributed by atoms with E-state index in [0.717, 1.165) is 38.5 Å². The number of carbonyl (C=O) groups is 1. The lowest BCUT2D eigenvalue weighted by atomic mass is 9.88. The van der Waals surface area contributed by atoms with E-state index in [9.17, 15) is 13.2 Å². The first kappa shape index (κ1) is 22.4. The Kier molecular flexibility index (Phi) is 6.44. The molecule has 33 heavy (non-hydrogen) atoms. The van der Waals surface area contributed by atoms with E-state index in [2.05, 4.69) is 22.4 Å². The predicted molar refractivity (Wildman–Crippen MR) is 128 cm³/mol. The maximum atomic E-state index is 12.9. The van der Waals surface area contributed by atoms with E-state index in [1.54, 1.807) is 22.5 Å². The Balaban J connectivity index is 1.24. The molecule has 2 aromatic carbocycles. The fraction of sp³-hybridized carbons (Fsp3) is 0.417. The van der Waals surface area contributed by atoms with Crippen LogP contribution < -0.4 is 5.32 Å². The number of aryl methyl sites for hydroxylation is 1. The molecular weight excluding hydrogens is 458 g/mol. The number of benzene rings is 2. The number of thioether (sulfide) groups is 1. The van der Waals surface area contributed by atoms with Gasteiger partial charge >= 0.3 is 0 Å². The summed E-state index contributed by atoms with van der Waals surface area (Å²) in [5, 5.41) is 3.49. The zero-order chi connectivity index (χ0) is 22.8. The number of rotatable bonds is 6. The second-order valence-electron chi connectivity index (χ2n) is 8.57. The molecule has 174 valence electrons. The highest BCUT2D eigenvalue weighted by Crippen LogP contribution is 2.30. The summed E-state index contributed by atoms with van der Waals surface area (Å²) in [5.41, 5.74) is 3.50. The van der Waals surface area contributed by atoms with Crippen molar-refractivity contribution in [2.75, 3.05) is 18.8 Å². The number of sulfonamides is 1. The molecule has 1 N–H and O–H groups in total. The Labute approximate surface area is 198 Å². The van der Waals surface area contributed by atoms with Gasteiger partial charge in [0.05, 0.1) is 16.7 Å². The SMILES string of the molecule is O=C(CSc1nc2cc(S(=O)(=O)N3CCCCC3)ccc2o1)NC1CCCc2ccccc21.